The highest BCUT2D eigenvalue weighted by molar-refractivity contribution is 6.50. The van der Waals surface area contributed by atoms with E-state index >= 15 is 0 Å². The van der Waals surface area contributed by atoms with Gasteiger partial charge in [-0.3, -0.25) is 0 Å². The molecule has 13 heavy (non-hydrogen) atoms. The quantitative estimate of drug-likeness (QED) is 0.378. The fraction of sp³-hybridized carbons (Fsp3) is 0. The van der Waals surface area contributed by atoms with Crippen molar-refractivity contribution in [2.45, 2.75) is 0 Å². The first-order valence-electron chi connectivity index (χ1n) is 3.28. The van der Waals surface area contributed by atoms with Gasteiger partial charge in [-0.2, -0.15) is 0 Å². The number of para-hydroxylation sites is 2. The minimum Gasteiger partial charge on any atom is -0.418 e. The van der Waals surface area contributed by atoms with Crippen LogP contribution in [0.1, 0.15) is 0 Å². The normalized spacial score (nSPS) is 10.2. The van der Waals surface area contributed by atoms with Gasteiger partial charge in [0.1, 0.15) is 0 Å². The van der Waals surface area contributed by atoms with Gasteiger partial charge in [-0.05, 0) is 12.1 Å². The zero-order valence-electron chi connectivity index (χ0n) is 6.55. The van der Waals surface area contributed by atoms with Crippen molar-refractivity contribution in [1.82, 2.24) is 0 Å². The molecule has 0 radical (unpaired) electrons. The van der Waals surface area contributed by atoms with E-state index in [4.69, 9.17) is 11.5 Å². The maximum Gasteiger partial charge on any atom is 0.673 e. The van der Waals surface area contributed by atoms with E-state index < -0.39 is 7.25 Å². The molecule has 0 fully saturated rings. The molecule has 0 saturated heterocycles. The van der Waals surface area contributed by atoms with Crippen LogP contribution in [0, 0.1) is 0 Å². The topological polar surface area (TPSA) is 52.0 Å². The van der Waals surface area contributed by atoms with E-state index in [1.54, 1.807) is 12.1 Å². The molecule has 74 valence electrons. The first kappa shape index (κ1) is 11.6. The number of rotatable bonds is 0. The van der Waals surface area contributed by atoms with Crippen molar-refractivity contribution in [3.63, 3.8) is 0 Å². The number of nitrogen functional groups attached to an aromatic ring is 2. The summed E-state index contributed by atoms with van der Waals surface area (Å²) < 4.78 is 39.0. The average molecular weight is 195 g/mol. The Balaban J connectivity index is 0.000000252. The molecule has 1 rings (SSSR count). The van der Waals surface area contributed by atoms with Crippen molar-refractivity contribution < 1.29 is 17.3 Å². The number of anilines is 2. The third kappa shape index (κ3) is 8.51. The lowest BCUT2D eigenvalue weighted by Gasteiger charge is -1.94. The van der Waals surface area contributed by atoms with Crippen LogP contribution in [0.15, 0.2) is 24.3 Å². The van der Waals surface area contributed by atoms with Crippen LogP contribution in [-0.4, -0.2) is 7.25 Å². The summed E-state index contributed by atoms with van der Waals surface area (Å²) in [4.78, 5) is 0. The van der Waals surface area contributed by atoms with E-state index in [2.05, 4.69) is 0 Å². The van der Waals surface area contributed by atoms with Crippen LogP contribution < -0.4 is 11.5 Å². The van der Waals surface area contributed by atoms with E-state index in [9.17, 15) is 17.3 Å². The molecule has 0 unspecified atom stereocenters. The second kappa shape index (κ2) is 4.59. The van der Waals surface area contributed by atoms with Crippen molar-refractivity contribution >= 4 is 18.6 Å². The standard InChI is InChI=1S/C6H8N2.BF4/c7-5-3-1-2-4-6(5)8;2-1(3,4)5/h1-4H,7-8H2;/q;-1. The summed E-state index contributed by atoms with van der Waals surface area (Å²) in [5.74, 6) is 0. The number of benzene rings is 1. The summed E-state index contributed by atoms with van der Waals surface area (Å²) in [5, 5.41) is 0. The molecule has 1 aromatic carbocycles. The van der Waals surface area contributed by atoms with Crippen LogP contribution in [-0.2, 0) is 0 Å². The predicted octanol–water partition coefficient (Wildman–Crippen LogP) is 2.15. The largest absolute Gasteiger partial charge is 0.673 e. The van der Waals surface area contributed by atoms with Crippen molar-refractivity contribution in [3.05, 3.63) is 24.3 Å². The number of halogens is 4. The maximum atomic E-state index is 9.75. The monoisotopic (exact) mass is 195 g/mol. The van der Waals surface area contributed by atoms with Crippen molar-refractivity contribution in [2.24, 2.45) is 0 Å². The van der Waals surface area contributed by atoms with E-state index in [0.717, 1.165) is 0 Å². The van der Waals surface area contributed by atoms with Gasteiger partial charge in [0.05, 0.1) is 11.4 Å². The smallest absolute Gasteiger partial charge is 0.418 e. The number of nitrogens with two attached hydrogens (primary N) is 2. The molecule has 0 atom stereocenters. The molecule has 0 saturated carbocycles. The second-order valence-corrected chi connectivity index (χ2v) is 2.12. The highest BCUT2D eigenvalue weighted by Gasteiger charge is 2.20. The zero-order valence-corrected chi connectivity index (χ0v) is 6.55. The molecule has 0 aromatic heterocycles. The number of hydrogen-bond acceptors (Lipinski definition) is 2. The fourth-order valence-electron chi connectivity index (χ4n) is 0.511. The predicted molar refractivity (Wildman–Crippen MR) is 45.5 cm³/mol. The van der Waals surface area contributed by atoms with Gasteiger partial charge in [0.2, 0.25) is 0 Å². The minimum absolute atomic E-state index is 0.646. The number of hydrogen-bond donors (Lipinski definition) is 2. The van der Waals surface area contributed by atoms with Gasteiger partial charge in [0.15, 0.2) is 0 Å². The second-order valence-electron chi connectivity index (χ2n) is 2.12. The van der Waals surface area contributed by atoms with Gasteiger partial charge in [-0.1, -0.05) is 12.1 Å². The van der Waals surface area contributed by atoms with E-state index in [1.807, 2.05) is 12.1 Å². The third-order valence-electron chi connectivity index (χ3n) is 0.996. The van der Waals surface area contributed by atoms with Gasteiger partial charge in [-0.25, -0.2) is 0 Å². The molecule has 2 nitrogen and oxygen atoms in total. The lowest BCUT2D eigenvalue weighted by atomic mass is 10.3. The molecule has 0 heterocycles. The molecule has 0 bridgehead atoms. The molecule has 4 N–H and O–H groups in total. The first-order chi connectivity index (χ1) is 5.80. The fourth-order valence-corrected chi connectivity index (χ4v) is 0.511. The van der Waals surface area contributed by atoms with Gasteiger partial charge >= 0.3 is 7.25 Å². The lowest BCUT2D eigenvalue weighted by molar-refractivity contribution is 0.368. The first-order valence-corrected chi connectivity index (χ1v) is 3.28. The Labute approximate surface area is 72.6 Å². The Morgan fingerprint density at radius 3 is 1.23 bits per heavy atom. The Bertz CT molecular complexity index is 236. The molecule has 1 aromatic rings. The summed E-state index contributed by atoms with van der Waals surface area (Å²) in [6, 6.07) is 7.25. The average Bonchev–Trinajstić information content (AvgIpc) is 1.92. The Morgan fingerprint density at radius 1 is 0.846 bits per heavy atom. The Kier molecular flexibility index (Phi) is 4.09. The van der Waals surface area contributed by atoms with Crippen molar-refractivity contribution in [2.75, 3.05) is 11.5 Å². The highest BCUT2D eigenvalue weighted by Crippen LogP contribution is 2.10. The van der Waals surface area contributed by atoms with Gasteiger partial charge in [-0.15, -0.1) is 0 Å². The molecule has 0 spiro atoms. The van der Waals surface area contributed by atoms with Gasteiger partial charge < -0.3 is 28.7 Å². The Morgan fingerprint density at radius 2 is 1.08 bits per heavy atom. The third-order valence-corrected chi connectivity index (χ3v) is 0.996. The lowest BCUT2D eigenvalue weighted by Crippen LogP contribution is -2.02. The summed E-state index contributed by atoms with van der Waals surface area (Å²) in [6.45, 7) is 0. The molecule has 0 amide bonds. The molecule has 0 aliphatic carbocycles. The molecule has 0 aliphatic rings. The summed E-state index contributed by atoms with van der Waals surface area (Å²) >= 11 is 0. The summed E-state index contributed by atoms with van der Waals surface area (Å²) in [7, 11) is -6.00. The Hall–Kier alpha value is -1.40. The van der Waals surface area contributed by atoms with Crippen LogP contribution in [0.4, 0.5) is 28.6 Å². The highest BCUT2D eigenvalue weighted by atomic mass is 19.5. The SMILES string of the molecule is F[B-](F)(F)F.Nc1ccccc1N. The van der Waals surface area contributed by atoms with Crippen LogP contribution in [0.3, 0.4) is 0 Å². The van der Waals surface area contributed by atoms with Crippen LogP contribution in [0.5, 0.6) is 0 Å². The van der Waals surface area contributed by atoms with Crippen molar-refractivity contribution in [3.8, 4) is 0 Å². The van der Waals surface area contributed by atoms with E-state index in [1.165, 1.54) is 0 Å². The summed E-state index contributed by atoms with van der Waals surface area (Å²) in [5.41, 5.74) is 12.1. The van der Waals surface area contributed by atoms with E-state index in [0.29, 0.717) is 11.4 Å². The molecular weight excluding hydrogens is 187 g/mol. The summed E-state index contributed by atoms with van der Waals surface area (Å²) in [6.07, 6.45) is 0. The molecule has 0 aliphatic heterocycles. The maximum absolute atomic E-state index is 9.75. The zero-order chi connectivity index (χ0) is 10.5. The molecular formula is C6H8BF4N2-. The van der Waals surface area contributed by atoms with Crippen LogP contribution in [0.25, 0.3) is 0 Å². The van der Waals surface area contributed by atoms with Crippen LogP contribution >= 0.6 is 0 Å². The van der Waals surface area contributed by atoms with Gasteiger partial charge in [0.25, 0.3) is 0 Å². The van der Waals surface area contributed by atoms with Gasteiger partial charge in [0, 0.05) is 0 Å². The van der Waals surface area contributed by atoms with Crippen molar-refractivity contribution in [1.29, 1.82) is 0 Å². The van der Waals surface area contributed by atoms with E-state index in [-0.39, 0.29) is 0 Å². The van der Waals surface area contributed by atoms with Crippen LogP contribution in [0.2, 0.25) is 0 Å². The molecule has 7 heteroatoms. The minimum atomic E-state index is -6.00.